The maximum absolute atomic E-state index is 9.71. The van der Waals surface area contributed by atoms with E-state index in [1.165, 1.54) is 0 Å². The van der Waals surface area contributed by atoms with E-state index in [0.29, 0.717) is 30.0 Å². The molecule has 0 fully saturated rings. The van der Waals surface area contributed by atoms with E-state index in [4.69, 9.17) is 10.00 Å². The summed E-state index contributed by atoms with van der Waals surface area (Å²) in [6.07, 6.45) is 3.57. The quantitative estimate of drug-likeness (QED) is 0.321. The standard InChI is InChI=1S/C29H20N4O/c30-15-21-8-10-22(11-9-21)18-33-20-32-17-25(33)19-34-26-13-12-24(16-31)29(14-26)28-7-3-5-23-4-1-2-6-27(23)28/h1-14,17,20H,18-19H2. The number of imidazole rings is 1. The Kier molecular flexibility index (Phi) is 5.76. The molecule has 34 heavy (non-hydrogen) atoms. The van der Waals surface area contributed by atoms with Crippen molar-refractivity contribution < 1.29 is 4.74 Å². The van der Waals surface area contributed by atoms with Crippen LogP contribution in [0, 0.1) is 22.7 Å². The fourth-order valence-corrected chi connectivity index (χ4v) is 4.04. The number of aromatic nitrogens is 2. The fourth-order valence-electron chi connectivity index (χ4n) is 4.04. The third-order valence-corrected chi connectivity index (χ3v) is 5.81. The molecule has 162 valence electrons. The Hall–Kier alpha value is -4.87. The first kappa shape index (κ1) is 21.0. The number of nitriles is 2. The Morgan fingerprint density at radius 2 is 1.65 bits per heavy atom. The molecule has 0 spiro atoms. The van der Waals surface area contributed by atoms with Crippen molar-refractivity contribution in [3.8, 4) is 29.0 Å². The highest BCUT2D eigenvalue weighted by Crippen LogP contribution is 2.33. The van der Waals surface area contributed by atoms with Crippen LogP contribution >= 0.6 is 0 Å². The number of benzene rings is 4. The summed E-state index contributed by atoms with van der Waals surface area (Å²) in [5.41, 5.74) is 5.11. The summed E-state index contributed by atoms with van der Waals surface area (Å²) >= 11 is 0. The maximum atomic E-state index is 9.71. The van der Waals surface area contributed by atoms with Gasteiger partial charge < -0.3 is 9.30 Å². The van der Waals surface area contributed by atoms with Crippen molar-refractivity contribution in [2.24, 2.45) is 0 Å². The van der Waals surface area contributed by atoms with Gasteiger partial charge in [-0.3, -0.25) is 0 Å². The molecule has 5 aromatic rings. The van der Waals surface area contributed by atoms with Crippen LogP contribution in [0.5, 0.6) is 5.75 Å². The first-order chi connectivity index (χ1) is 16.7. The van der Waals surface area contributed by atoms with E-state index in [-0.39, 0.29) is 0 Å². The Morgan fingerprint density at radius 3 is 2.47 bits per heavy atom. The maximum Gasteiger partial charge on any atom is 0.130 e. The molecule has 1 heterocycles. The van der Waals surface area contributed by atoms with Gasteiger partial charge >= 0.3 is 0 Å². The van der Waals surface area contributed by atoms with E-state index in [2.05, 4.69) is 35.3 Å². The average Bonchev–Trinajstić information content (AvgIpc) is 3.34. The topological polar surface area (TPSA) is 74.6 Å². The molecule has 5 rings (SSSR count). The van der Waals surface area contributed by atoms with Gasteiger partial charge in [0.05, 0.1) is 41.5 Å². The van der Waals surface area contributed by atoms with Crippen LogP contribution in [-0.2, 0) is 13.2 Å². The molecule has 0 amide bonds. The van der Waals surface area contributed by atoms with Crippen LogP contribution in [0.25, 0.3) is 21.9 Å². The van der Waals surface area contributed by atoms with Gasteiger partial charge in [0, 0.05) is 12.1 Å². The van der Waals surface area contributed by atoms with Gasteiger partial charge in [0.25, 0.3) is 0 Å². The number of hydrogen-bond donors (Lipinski definition) is 0. The SMILES string of the molecule is N#Cc1ccc(Cn2cncc2COc2ccc(C#N)c(-c3cccc4ccccc34)c2)cc1. The van der Waals surface area contributed by atoms with Crippen LogP contribution in [0.2, 0.25) is 0 Å². The predicted molar refractivity (Wildman–Crippen MR) is 131 cm³/mol. The second kappa shape index (κ2) is 9.32. The van der Waals surface area contributed by atoms with Crippen molar-refractivity contribution in [3.63, 3.8) is 0 Å². The van der Waals surface area contributed by atoms with Gasteiger partial charge in [-0.15, -0.1) is 0 Å². The van der Waals surface area contributed by atoms with E-state index in [0.717, 1.165) is 33.2 Å². The second-order valence-corrected chi connectivity index (χ2v) is 7.96. The molecule has 0 N–H and O–H groups in total. The van der Waals surface area contributed by atoms with Crippen molar-refractivity contribution in [3.05, 3.63) is 120 Å². The highest BCUT2D eigenvalue weighted by molar-refractivity contribution is 5.98. The zero-order chi connectivity index (χ0) is 23.3. The summed E-state index contributed by atoms with van der Waals surface area (Å²) in [5, 5.41) is 20.9. The van der Waals surface area contributed by atoms with Crippen LogP contribution in [0.4, 0.5) is 0 Å². The Morgan fingerprint density at radius 1 is 0.824 bits per heavy atom. The lowest BCUT2D eigenvalue weighted by atomic mass is 9.95. The number of rotatable bonds is 6. The van der Waals surface area contributed by atoms with Crippen molar-refractivity contribution >= 4 is 10.8 Å². The minimum atomic E-state index is 0.344. The van der Waals surface area contributed by atoms with Gasteiger partial charge in [-0.25, -0.2) is 4.98 Å². The van der Waals surface area contributed by atoms with Crippen LogP contribution in [0.1, 0.15) is 22.4 Å². The monoisotopic (exact) mass is 440 g/mol. The number of ether oxygens (including phenoxy) is 1. The molecule has 5 heteroatoms. The van der Waals surface area contributed by atoms with Gasteiger partial charge in [-0.2, -0.15) is 10.5 Å². The molecule has 4 aromatic carbocycles. The third-order valence-electron chi connectivity index (χ3n) is 5.81. The van der Waals surface area contributed by atoms with Crippen molar-refractivity contribution in [1.29, 1.82) is 10.5 Å². The summed E-state index contributed by atoms with van der Waals surface area (Å²) in [6, 6.07) is 31.8. The minimum Gasteiger partial charge on any atom is -0.487 e. The molecule has 0 aliphatic rings. The van der Waals surface area contributed by atoms with Crippen LogP contribution in [-0.4, -0.2) is 9.55 Å². The van der Waals surface area contributed by atoms with Gasteiger partial charge in [0.2, 0.25) is 0 Å². The van der Waals surface area contributed by atoms with Gasteiger partial charge in [-0.1, -0.05) is 54.6 Å². The van der Waals surface area contributed by atoms with Crippen LogP contribution < -0.4 is 4.74 Å². The fraction of sp³-hybridized carbons (Fsp3) is 0.0690. The zero-order valence-corrected chi connectivity index (χ0v) is 18.3. The summed E-state index contributed by atoms with van der Waals surface area (Å²) in [4.78, 5) is 4.28. The molecule has 0 bridgehead atoms. The average molecular weight is 441 g/mol. The molecule has 0 radical (unpaired) electrons. The predicted octanol–water partition coefficient (Wildman–Crippen LogP) is 6.07. The van der Waals surface area contributed by atoms with Crippen molar-refractivity contribution in [2.45, 2.75) is 13.2 Å². The molecule has 0 aliphatic heterocycles. The van der Waals surface area contributed by atoms with Crippen LogP contribution in [0.3, 0.4) is 0 Å². The largest absolute Gasteiger partial charge is 0.487 e. The van der Waals surface area contributed by atoms with E-state index in [9.17, 15) is 5.26 Å². The molecule has 0 saturated heterocycles. The summed E-state index contributed by atoms with van der Waals surface area (Å²) in [5.74, 6) is 0.688. The van der Waals surface area contributed by atoms with E-state index >= 15 is 0 Å². The summed E-state index contributed by atoms with van der Waals surface area (Å²) in [6.45, 7) is 0.982. The van der Waals surface area contributed by atoms with E-state index in [1.54, 1.807) is 18.6 Å². The van der Waals surface area contributed by atoms with Gasteiger partial charge in [0.1, 0.15) is 12.4 Å². The van der Waals surface area contributed by atoms with Crippen molar-refractivity contribution in [1.82, 2.24) is 9.55 Å². The molecular formula is C29H20N4O. The molecule has 0 atom stereocenters. The summed E-state index contributed by atoms with van der Waals surface area (Å²) in [7, 11) is 0. The Labute approximate surface area is 197 Å². The van der Waals surface area contributed by atoms with Crippen molar-refractivity contribution in [2.75, 3.05) is 0 Å². The lowest BCUT2D eigenvalue weighted by Crippen LogP contribution is -2.06. The normalized spacial score (nSPS) is 10.5. The molecule has 1 aromatic heterocycles. The third kappa shape index (κ3) is 4.24. The lowest BCUT2D eigenvalue weighted by Gasteiger charge is -2.13. The van der Waals surface area contributed by atoms with E-state index in [1.807, 2.05) is 65.2 Å². The van der Waals surface area contributed by atoms with Gasteiger partial charge in [-0.05, 0) is 52.2 Å². The lowest BCUT2D eigenvalue weighted by molar-refractivity contribution is 0.296. The molecule has 0 saturated carbocycles. The highest BCUT2D eigenvalue weighted by atomic mass is 16.5. The second-order valence-electron chi connectivity index (χ2n) is 7.96. The zero-order valence-electron chi connectivity index (χ0n) is 18.3. The molecule has 0 unspecified atom stereocenters. The Balaban J connectivity index is 1.39. The molecule has 5 nitrogen and oxygen atoms in total. The van der Waals surface area contributed by atoms with E-state index < -0.39 is 0 Å². The first-order valence-electron chi connectivity index (χ1n) is 10.9. The number of hydrogen-bond acceptors (Lipinski definition) is 4. The first-order valence-corrected chi connectivity index (χ1v) is 10.9. The highest BCUT2D eigenvalue weighted by Gasteiger charge is 2.11. The smallest absolute Gasteiger partial charge is 0.130 e. The number of nitrogens with zero attached hydrogens (tertiary/aromatic N) is 4. The summed E-state index contributed by atoms with van der Waals surface area (Å²) < 4.78 is 8.15. The number of fused-ring (bicyclic) bond motifs is 1. The van der Waals surface area contributed by atoms with Gasteiger partial charge in [0.15, 0.2) is 0 Å². The molecule has 0 aliphatic carbocycles. The molecular weight excluding hydrogens is 420 g/mol. The minimum absolute atomic E-state index is 0.344. The Bertz CT molecular complexity index is 1550. The van der Waals surface area contributed by atoms with Crippen LogP contribution in [0.15, 0.2) is 97.5 Å².